The molecular weight excluding hydrogens is 267 g/mol. The Balaban J connectivity index is 2.56. The van der Waals surface area contributed by atoms with Crippen molar-refractivity contribution in [3.05, 3.63) is 52.1 Å². The van der Waals surface area contributed by atoms with Crippen molar-refractivity contribution in [2.75, 3.05) is 0 Å². The number of aromatic nitrogens is 2. The summed E-state index contributed by atoms with van der Waals surface area (Å²) in [6, 6.07) is 4.70. The van der Waals surface area contributed by atoms with E-state index in [1.807, 2.05) is 13.8 Å². The van der Waals surface area contributed by atoms with Crippen LogP contribution in [-0.2, 0) is 0 Å². The van der Waals surface area contributed by atoms with Crippen molar-refractivity contribution in [1.29, 1.82) is 0 Å². The Morgan fingerprint density at radius 1 is 1.42 bits per heavy atom. The van der Waals surface area contributed by atoms with E-state index < -0.39 is 11.6 Å². The summed E-state index contributed by atoms with van der Waals surface area (Å²) in [5.74, 6) is -0.961. The van der Waals surface area contributed by atoms with E-state index in [-0.39, 0.29) is 22.3 Å². The highest BCUT2D eigenvalue weighted by Crippen LogP contribution is 2.24. The second-order valence-electron chi connectivity index (χ2n) is 4.65. The first-order valence-corrected chi connectivity index (χ1v) is 6.34. The topological polar surface area (TPSA) is 34.9 Å². The molecule has 5 heteroatoms. The van der Waals surface area contributed by atoms with Crippen LogP contribution in [0.1, 0.15) is 41.5 Å². The average Bonchev–Trinajstić information content (AvgIpc) is 2.74. The first-order valence-electron chi connectivity index (χ1n) is 5.96. The van der Waals surface area contributed by atoms with Crippen LogP contribution in [0.15, 0.2) is 24.4 Å². The van der Waals surface area contributed by atoms with Gasteiger partial charge in [0.05, 0.1) is 16.8 Å². The first-order chi connectivity index (χ1) is 8.93. The monoisotopic (exact) mass is 280 g/mol. The van der Waals surface area contributed by atoms with Crippen LogP contribution < -0.4 is 0 Å². The Bertz CT molecular complexity index is 634. The maximum atomic E-state index is 14.0. The van der Waals surface area contributed by atoms with Crippen LogP contribution in [0.5, 0.6) is 0 Å². The molecule has 100 valence electrons. The van der Waals surface area contributed by atoms with Gasteiger partial charge in [-0.1, -0.05) is 23.7 Å². The number of carbonyl (C=O) groups is 1. The van der Waals surface area contributed by atoms with E-state index in [4.69, 9.17) is 11.6 Å². The van der Waals surface area contributed by atoms with E-state index >= 15 is 0 Å². The van der Waals surface area contributed by atoms with E-state index in [1.54, 1.807) is 19.1 Å². The normalized spacial score (nSPS) is 11.1. The van der Waals surface area contributed by atoms with Gasteiger partial charge in [-0.3, -0.25) is 9.48 Å². The standard InChI is InChI=1S/C14H14ClFN2O/c1-8(2)18-13(11(15)7-17-18)14(19)10-6-4-5-9(3)12(10)16/h4-8H,1-3H3. The van der Waals surface area contributed by atoms with Crippen molar-refractivity contribution < 1.29 is 9.18 Å². The van der Waals surface area contributed by atoms with Crippen LogP contribution >= 0.6 is 11.6 Å². The van der Waals surface area contributed by atoms with Crippen LogP contribution in [-0.4, -0.2) is 15.6 Å². The largest absolute Gasteiger partial charge is 0.287 e. The van der Waals surface area contributed by atoms with Gasteiger partial charge in [0.1, 0.15) is 11.5 Å². The number of ketones is 1. The molecule has 0 bridgehead atoms. The van der Waals surface area contributed by atoms with Gasteiger partial charge in [0, 0.05) is 6.04 Å². The zero-order chi connectivity index (χ0) is 14.2. The van der Waals surface area contributed by atoms with Crippen LogP contribution in [0.3, 0.4) is 0 Å². The highest BCUT2D eigenvalue weighted by Gasteiger charge is 2.23. The predicted molar refractivity (Wildman–Crippen MR) is 72.2 cm³/mol. The third kappa shape index (κ3) is 2.40. The zero-order valence-corrected chi connectivity index (χ0v) is 11.7. The summed E-state index contributed by atoms with van der Waals surface area (Å²) in [7, 11) is 0. The minimum absolute atomic E-state index is 0.0179. The number of hydrogen-bond acceptors (Lipinski definition) is 2. The second-order valence-corrected chi connectivity index (χ2v) is 5.05. The molecule has 0 unspecified atom stereocenters. The lowest BCUT2D eigenvalue weighted by atomic mass is 10.0. The number of halogens is 2. The van der Waals surface area contributed by atoms with Crippen molar-refractivity contribution in [3.63, 3.8) is 0 Å². The average molecular weight is 281 g/mol. The number of aryl methyl sites for hydroxylation is 1. The van der Waals surface area contributed by atoms with Gasteiger partial charge in [0.2, 0.25) is 5.78 Å². The lowest BCUT2D eigenvalue weighted by Gasteiger charge is -2.11. The molecule has 0 atom stereocenters. The fourth-order valence-electron chi connectivity index (χ4n) is 1.90. The Morgan fingerprint density at radius 3 is 2.74 bits per heavy atom. The highest BCUT2D eigenvalue weighted by molar-refractivity contribution is 6.34. The first kappa shape index (κ1) is 13.7. The molecule has 0 saturated heterocycles. The number of nitrogens with zero attached hydrogens (tertiary/aromatic N) is 2. The minimum atomic E-state index is -0.514. The van der Waals surface area contributed by atoms with Crippen molar-refractivity contribution in [2.45, 2.75) is 26.8 Å². The van der Waals surface area contributed by atoms with Crippen molar-refractivity contribution in [1.82, 2.24) is 9.78 Å². The number of carbonyl (C=O) groups excluding carboxylic acids is 1. The van der Waals surface area contributed by atoms with Gasteiger partial charge in [0.15, 0.2) is 0 Å². The van der Waals surface area contributed by atoms with Gasteiger partial charge in [-0.15, -0.1) is 0 Å². The molecule has 0 aliphatic carbocycles. The zero-order valence-electron chi connectivity index (χ0n) is 10.9. The van der Waals surface area contributed by atoms with Crippen molar-refractivity contribution >= 4 is 17.4 Å². The summed E-state index contributed by atoms with van der Waals surface area (Å²) in [6.07, 6.45) is 1.41. The summed E-state index contributed by atoms with van der Waals surface area (Å²) >= 11 is 6.00. The molecular formula is C14H14ClFN2O. The molecule has 0 saturated carbocycles. The lowest BCUT2D eigenvalue weighted by molar-refractivity contribution is 0.102. The Kier molecular flexibility index (Phi) is 3.71. The number of hydrogen-bond donors (Lipinski definition) is 0. The van der Waals surface area contributed by atoms with E-state index in [0.29, 0.717) is 5.56 Å². The molecule has 0 aliphatic rings. The number of rotatable bonds is 3. The van der Waals surface area contributed by atoms with Gasteiger partial charge in [-0.25, -0.2) is 4.39 Å². The predicted octanol–water partition coefficient (Wildman–Crippen LogP) is 3.80. The summed E-state index contributed by atoms with van der Waals surface area (Å²) < 4.78 is 15.5. The van der Waals surface area contributed by atoms with E-state index in [2.05, 4.69) is 5.10 Å². The lowest BCUT2D eigenvalue weighted by Crippen LogP contribution is -2.15. The molecule has 1 aromatic heterocycles. The summed E-state index contributed by atoms with van der Waals surface area (Å²) in [4.78, 5) is 12.4. The van der Waals surface area contributed by atoms with Gasteiger partial charge in [-0.2, -0.15) is 5.10 Å². The van der Waals surface area contributed by atoms with Gasteiger partial charge >= 0.3 is 0 Å². The van der Waals surface area contributed by atoms with Crippen molar-refractivity contribution in [3.8, 4) is 0 Å². The molecule has 1 aromatic carbocycles. The van der Waals surface area contributed by atoms with Gasteiger partial charge in [-0.05, 0) is 32.4 Å². The fourth-order valence-corrected chi connectivity index (χ4v) is 2.11. The Hall–Kier alpha value is -1.68. The third-order valence-corrected chi connectivity index (χ3v) is 3.17. The highest BCUT2D eigenvalue weighted by atomic mass is 35.5. The molecule has 0 N–H and O–H groups in total. The van der Waals surface area contributed by atoms with Gasteiger partial charge in [0.25, 0.3) is 0 Å². The Morgan fingerprint density at radius 2 is 2.11 bits per heavy atom. The minimum Gasteiger partial charge on any atom is -0.287 e. The molecule has 2 rings (SSSR count). The quantitative estimate of drug-likeness (QED) is 0.802. The van der Waals surface area contributed by atoms with Gasteiger partial charge < -0.3 is 0 Å². The molecule has 0 radical (unpaired) electrons. The van der Waals surface area contributed by atoms with Crippen LogP contribution in [0, 0.1) is 12.7 Å². The molecule has 2 aromatic rings. The van der Waals surface area contributed by atoms with Crippen molar-refractivity contribution in [2.24, 2.45) is 0 Å². The Labute approximate surface area is 116 Å². The van der Waals surface area contributed by atoms with E-state index in [0.717, 1.165) is 0 Å². The molecule has 0 amide bonds. The fraction of sp³-hybridized carbons (Fsp3) is 0.286. The van der Waals surface area contributed by atoms with Crippen LogP contribution in [0.2, 0.25) is 5.02 Å². The molecule has 19 heavy (non-hydrogen) atoms. The molecule has 1 heterocycles. The smallest absolute Gasteiger partial charge is 0.215 e. The maximum absolute atomic E-state index is 14.0. The van der Waals surface area contributed by atoms with E-state index in [9.17, 15) is 9.18 Å². The number of benzene rings is 1. The summed E-state index contributed by atoms with van der Waals surface area (Å²) in [6.45, 7) is 5.38. The SMILES string of the molecule is Cc1cccc(C(=O)c2c(Cl)cnn2C(C)C)c1F. The summed E-state index contributed by atoms with van der Waals surface area (Å²) in [5.41, 5.74) is 0.669. The molecule has 3 nitrogen and oxygen atoms in total. The van der Waals surface area contributed by atoms with E-state index in [1.165, 1.54) is 16.9 Å². The molecule has 0 fully saturated rings. The third-order valence-electron chi connectivity index (χ3n) is 2.89. The summed E-state index contributed by atoms with van der Waals surface area (Å²) in [5, 5.41) is 4.29. The maximum Gasteiger partial charge on any atom is 0.215 e. The molecule has 0 aliphatic heterocycles. The second kappa shape index (κ2) is 5.13. The van der Waals surface area contributed by atoms with Crippen LogP contribution in [0.4, 0.5) is 4.39 Å². The molecule has 0 spiro atoms. The van der Waals surface area contributed by atoms with Crippen LogP contribution in [0.25, 0.3) is 0 Å².